The van der Waals surface area contributed by atoms with E-state index in [2.05, 4.69) is 30.3 Å². The molecule has 1 heteroatoms. The van der Waals surface area contributed by atoms with Gasteiger partial charge in [0.15, 0.2) is 0 Å². The van der Waals surface area contributed by atoms with Crippen molar-refractivity contribution in [1.82, 2.24) is 4.98 Å². The summed E-state index contributed by atoms with van der Waals surface area (Å²) in [7, 11) is 0. The first kappa shape index (κ1) is 10.6. The topological polar surface area (TPSA) is 12.9 Å². The molecule has 0 spiro atoms. The van der Waals surface area contributed by atoms with Crippen LogP contribution in [0.3, 0.4) is 0 Å². The molecule has 80 valence electrons. The zero-order chi connectivity index (χ0) is 11.7. The van der Waals surface area contributed by atoms with Gasteiger partial charge in [0.2, 0.25) is 0 Å². The molecule has 1 nitrogen and oxygen atoms in total. The summed E-state index contributed by atoms with van der Waals surface area (Å²) in [5.41, 5.74) is 5.04. The van der Waals surface area contributed by atoms with Gasteiger partial charge in [0.1, 0.15) is 0 Å². The van der Waals surface area contributed by atoms with Gasteiger partial charge < -0.3 is 0 Å². The molecule has 0 amide bonds. The lowest BCUT2D eigenvalue weighted by Crippen LogP contribution is -1.94. The van der Waals surface area contributed by atoms with Gasteiger partial charge in [0.05, 0.1) is 11.2 Å². The monoisotopic (exact) mass is 209 g/mol. The van der Waals surface area contributed by atoms with Crippen molar-refractivity contribution in [2.75, 3.05) is 0 Å². The molecule has 0 radical (unpaired) electrons. The highest BCUT2D eigenvalue weighted by atomic mass is 14.7. The van der Waals surface area contributed by atoms with Crippen LogP contribution >= 0.6 is 0 Å². The lowest BCUT2D eigenvalue weighted by molar-refractivity contribution is 1.31. The molecule has 0 N–H and O–H groups in total. The van der Waals surface area contributed by atoms with Gasteiger partial charge in [-0.1, -0.05) is 31.4 Å². The molecule has 2 aromatic rings. The van der Waals surface area contributed by atoms with E-state index in [0.717, 1.165) is 33.3 Å². The summed E-state index contributed by atoms with van der Waals surface area (Å²) >= 11 is 0. The van der Waals surface area contributed by atoms with Gasteiger partial charge in [0, 0.05) is 10.9 Å². The van der Waals surface area contributed by atoms with Crippen molar-refractivity contribution < 1.29 is 0 Å². The molecule has 1 aromatic carbocycles. The summed E-state index contributed by atoms with van der Waals surface area (Å²) < 4.78 is 0. The lowest BCUT2D eigenvalue weighted by atomic mass is 10.0. The minimum Gasteiger partial charge on any atom is -0.248 e. The van der Waals surface area contributed by atoms with E-state index in [0.29, 0.717) is 0 Å². The molecule has 16 heavy (non-hydrogen) atoms. The molecular weight excluding hydrogens is 194 g/mol. The Kier molecular flexibility index (Phi) is 2.61. The molecule has 0 aliphatic carbocycles. The van der Waals surface area contributed by atoms with E-state index in [1.54, 1.807) is 0 Å². The van der Waals surface area contributed by atoms with Gasteiger partial charge in [-0.2, -0.15) is 0 Å². The Labute approximate surface area is 96.1 Å². The largest absolute Gasteiger partial charge is 0.248 e. The van der Waals surface area contributed by atoms with Crippen molar-refractivity contribution in [2.45, 2.75) is 13.8 Å². The van der Waals surface area contributed by atoms with Crippen molar-refractivity contribution in [2.24, 2.45) is 0 Å². The van der Waals surface area contributed by atoms with E-state index < -0.39 is 0 Å². The number of para-hydroxylation sites is 1. The second-order valence-electron chi connectivity index (χ2n) is 4.14. The third kappa shape index (κ3) is 1.76. The van der Waals surface area contributed by atoms with E-state index in [1.165, 1.54) is 0 Å². The first-order valence-electron chi connectivity index (χ1n) is 5.31. The third-order valence-corrected chi connectivity index (χ3v) is 2.59. The quantitative estimate of drug-likeness (QED) is 0.718. The summed E-state index contributed by atoms with van der Waals surface area (Å²) in [5, 5.41) is 1.14. The second kappa shape index (κ2) is 3.93. The van der Waals surface area contributed by atoms with Crippen LogP contribution in [0.1, 0.15) is 25.1 Å². The molecule has 0 aliphatic rings. The highest BCUT2D eigenvalue weighted by molar-refractivity contribution is 5.86. The van der Waals surface area contributed by atoms with Crippen molar-refractivity contribution in [3.05, 3.63) is 54.7 Å². The third-order valence-electron chi connectivity index (χ3n) is 2.59. The Morgan fingerprint density at radius 3 is 2.38 bits per heavy atom. The highest BCUT2D eigenvalue weighted by Crippen LogP contribution is 2.25. The molecule has 0 saturated heterocycles. The van der Waals surface area contributed by atoms with Gasteiger partial charge in [-0.15, -0.1) is 0 Å². The van der Waals surface area contributed by atoms with E-state index >= 15 is 0 Å². The average Bonchev–Trinajstić information content (AvgIpc) is 2.27. The first-order chi connectivity index (χ1) is 7.59. The zero-order valence-corrected chi connectivity index (χ0v) is 9.75. The van der Waals surface area contributed by atoms with E-state index in [9.17, 15) is 0 Å². The van der Waals surface area contributed by atoms with E-state index in [4.69, 9.17) is 0 Å². The fraction of sp³-hybridized carbons (Fsp3) is 0.133. The highest BCUT2D eigenvalue weighted by Gasteiger charge is 2.07. The maximum absolute atomic E-state index is 4.64. The predicted molar refractivity (Wildman–Crippen MR) is 71.2 cm³/mol. The Balaban J connectivity index is 2.81. The number of hydrogen-bond acceptors (Lipinski definition) is 1. The fourth-order valence-corrected chi connectivity index (χ4v) is 1.77. The predicted octanol–water partition coefficient (Wildman–Crippen LogP) is 4.30. The summed E-state index contributed by atoms with van der Waals surface area (Å²) in [6.45, 7) is 11.9. The van der Waals surface area contributed by atoms with Gasteiger partial charge >= 0.3 is 0 Å². The SMILES string of the molecule is C=C(C)c1cc2ccccc2nc1C(=C)C. The van der Waals surface area contributed by atoms with Crippen LogP contribution in [0.4, 0.5) is 0 Å². The number of pyridine rings is 1. The number of benzene rings is 1. The Morgan fingerprint density at radius 2 is 1.75 bits per heavy atom. The number of fused-ring (bicyclic) bond motifs is 1. The first-order valence-corrected chi connectivity index (χ1v) is 5.31. The molecule has 0 unspecified atom stereocenters. The van der Waals surface area contributed by atoms with Crippen LogP contribution in [-0.4, -0.2) is 4.98 Å². The molecule has 2 rings (SSSR count). The second-order valence-corrected chi connectivity index (χ2v) is 4.14. The van der Waals surface area contributed by atoms with Gasteiger partial charge in [-0.25, -0.2) is 4.98 Å². The maximum Gasteiger partial charge on any atom is 0.0735 e. The van der Waals surface area contributed by atoms with E-state index in [1.807, 2.05) is 32.0 Å². The number of hydrogen-bond donors (Lipinski definition) is 0. The molecule has 1 heterocycles. The van der Waals surface area contributed by atoms with Crippen molar-refractivity contribution in [1.29, 1.82) is 0 Å². The van der Waals surface area contributed by atoms with Crippen LogP contribution in [0.2, 0.25) is 0 Å². The molecule has 0 saturated carbocycles. The minimum absolute atomic E-state index is 0.950. The van der Waals surface area contributed by atoms with Crippen molar-refractivity contribution in [3.63, 3.8) is 0 Å². The van der Waals surface area contributed by atoms with Gasteiger partial charge in [0.25, 0.3) is 0 Å². The average molecular weight is 209 g/mol. The van der Waals surface area contributed by atoms with Crippen LogP contribution in [-0.2, 0) is 0 Å². The van der Waals surface area contributed by atoms with Gasteiger partial charge in [-0.3, -0.25) is 0 Å². The number of rotatable bonds is 2. The fourth-order valence-electron chi connectivity index (χ4n) is 1.77. The van der Waals surface area contributed by atoms with Crippen LogP contribution in [0.5, 0.6) is 0 Å². The minimum atomic E-state index is 0.950. The maximum atomic E-state index is 4.64. The summed E-state index contributed by atoms with van der Waals surface area (Å²) in [5.74, 6) is 0. The Bertz CT molecular complexity index is 527. The van der Waals surface area contributed by atoms with Gasteiger partial charge in [-0.05, 0) is 37.1 Å². The normalized spacial score (nSPS) is 10.4. The van der Waals surface area contributed by atoms with Crippen LogP contribution in [0.25, 0.3) is 22.0 Å². The van der Waals surface area contributed by atoms with E-state index in [-0.39, 0.29) is 0 Å². The standard InChI is InChI=1S/C15H15N/c1-10(2)13-9-12-7-5-6-8-14(12)16-15(13)11(3)4/h5-9H,1,3H2,2,4H3. The van der Waals surface area contributed by atoms with Crippen molar-refractivity contribution in [3.8, 4) is 0 Å². The number of nitrogens with zero attached hydrogens (tertiary/aromatic N) is 1. The van der Waals surface area contributed by atoms with Crippen LogP contribution < -0.4 is 0 Å². The number of allylic oxidation sites excluding steroid dienone is 2. The molecule has 0 atom stereocenters. The summed E-state index contributed by atoms with van der Waals surface area (Å²) in [6.07, 6.45) is 0. The Hall–Kier alpha value is -1.89. The van der Waals surface area contributed by atoms with Crippen LogP contribution in [0.15, 0.2) is 43.5 Å². The molecule has 0 fully saturated rings. The number of aromatic nitrogens is 1. The van der Waals surface area contributed by atoms with Crippen LogP contribution in [0, 0.1) is 0 Å². The summed E-state index contributed by atoms with van der Waals surface area (Å²) in [4.78, 5) is 4.64. The lowest BCUT2D eigenvalue weighted by Gasteiger charge is -2.10. The molecular formula is C15H15N. The van der Waals surface area contributed by atoms with Crippen molar-refractivity contribution >= 4 is 22.0 Å². The Morgan fingerprint density at radius 1 is 1.06 bits per heavy atom. The molecule has 0 bridgehead atoms. The smallest absolute Gasteiger partial charge is 0.0735 e. The molecule has 0 aliphatic heterocycles. The summed E-state index contributed by atoms with van der Waals surface area (Å²) in [6, 6.07) is 10.2. The molecule has 1 aromatic heterocycles. The zero-order valence-electron chi connectivity index (χ0n) is 9.75.